The van der Waals surface area contributed by atoms with Gasteiger partial charge >= 0.3 is 5.97 Å². The van der Waals surface area contributed by atoms with E-state index in [1.165, 1.54) is 17.8 Å². The Bertz CT molecular complexity index is 658. The molecule has 0 spiro atoms. The first kappa shape index (κ1) is 16.1. The molecule has 0 aliphatic heterocycles. The van der Waals surface area contributed by atoms with Gasteiger partial charge in [-0.05, 0) is 24.6 Å². The molecule has 5 heteroatoms. The normalized spacial score (nSPS) is 11.7. The van der Waals surface area contributed by atoms with Crippen LogP contribution in [0.4, 0.5) is 5.69 Å². The number of aromatic carboxylic acids is 1. The molecule has 22 heavy (non-hydrogen) atoms. The molecule has 0 aliphatic rings. The smallest absolute Gasteiger partial charge is 0.337 e. The van der Waals surface area contributed by atoms with Gasteiger partial charge in [-0.1, -0.05) is 42.5 Å². The van der Waals surface area contributed by atoms with Gasteiger partial charge in [-0.3, -0.25) is 4.79 Å². The highest BCUT2D eigenvalue weighted by Gasteiger charge is 2.17. The topological polar surface area (TPSA) is 66.4 Å². The zero-order valence-electron chi connectivity index (χ0n) is 12.2. The van der Waals surface area contributed by atoms with Crippen molar-refractivity contribution in [1.29, 1.82) is 0 Å². The fourth-order valence-corrected chi connectivity index (χ4v) is 2.73. The summed E-state index contributed by atoms with van der Waals surface area (Å²) >= 11 is 1.51. The Kier molecular flexibility index (Phi) is 5.61. The largest absolute Gasteiger partial charge is 0.478 e. The van der Waals surface area contributed by atoms with Crippen molar-refractivity contribution in [1.82, 2.24) is 0 Å². The number of hydrogen-bond donors (Lipinski definition) is 2. The third-order valence-corrected chi connectivity index (χ3v) is 4.34. The number of para-hydroxylation sites is 1. The highest BCUT2D eigenvalue weighted by Crippen LogP contribution is 2.21. The Morgan fingerprint density at radius 2 is 1.73 bits per heavy atom. The Morgan fingerprint density at radius 3 is 2.41 bits per heavy atom. The molecule has 114 valence electrons. The van der Waals surface area contributed by atoms with Gasteiger partial charge in [-0.2, -0.15) is 0 Å². The summed E-state index contributed by atoms with van der Waals surface area (Å²) in [5.41, 5.74) is 1.57. The molecule has 0 unspecified atom stereocenters. The van der Waals surface area contributed by atoms with Crippen LogP contribution in [-0.4, -0.2) is 22.2 Å². The monoisotopic (exact) mass is 315 g/mol. The number of carbonyl (C=O) groups excluding carboxylic acids is 1. The Labute approximate surface area is 133 Å². The highest BCUT2D eigenvalue weighted by molar-refractivity contribution is 7.99. The van der Waals surface area contributed by atoms with Crippen LogP contribution in [0, 0.1) is 0 Å². The van der Waals surface area contributed by atoms with Gasteiger partial charge in [0.15, 0.2) is 0 Å². The molecular weight excluding hydrogens is 298 g/mol. The summed E-state index contributed by atoms with van der Waals surface area (Å²) in [6, 6.07) is 16.3. The third kappa shape index (κ3) is 4.36. The number of anilines is 1. The molecule has 0 fully saturated rings. The maximum atomic E-state index is 12.2. The van der Waals surface area contributed by atoms with E-state index in [2.05, 4.69) is 5.32 Å². The Hall–Kier alpha value is -2.27. The molecule has 2 N–H and O–H groups in total. The van der Waals surface area contributed by atoms with Crippen LogP contribution in [0.2, 0.25) is 0 Å². The number of benzene rings is 2. The molecular formula is C17H17NO3S. The van der Waals surface area contributed by atoms with Crippen molar-refractivity contribution in [3.8, 4) is 0 Å². The number of carbonyl (C=O) groups is 2. The van der Waals surface area contributed by atoms with Crippen molar-refractivity contribution in [3.63, 3.8) is 0 Å². The summed E-state index contributed by atoms with van der Waals surface area (Å²) in [5, 5.41) is 11.5. The molecule has 0 aromatic heterocycles. The van der Waals surface area contributed by atoms with Crippen molar-refractivity contribution in [2.75, 3.05) is 5.32 Å². The number of amides is 1. The first-order chi connectivity index (χ1) is 10.6. The Morgan fingerprint density at radius 1 is 1.09 bits per heavy atom. The average molecular weight is 315 g/mol. The van der Waals surface area contributed by atoms with Crippen molar-refractivity contribution in [2.24, 2.45) is 0 Å². The van der Waals surface area contributed by atoms with E-state index >= 15 is 0 Å². The third-order valence-electron chi connectivity index (χ3n) is 3.13. The van der Waals surface area contributed by atoms with Gasteiger partial charge in [0, 0.05) is 5.75 Å². The van der Waals surface area contributed by atoms with Crippen molar-refractivity contribution >= 4 is 29.3 Å². The molecule has 2 aromatic rings. The van der Waals surface area contributed by atoms with Crippen LogP contribution in [0.1, 0.15) is 22.8 Å². The van der Waals surface area contributed by atoms with Gasteiger partial charge < -0.3 is 10.4 Å². The average Bonchev–Trinajstić information content (AvgIpc) is 2.53. The van der Waals surface area contributed by atoms with Gasteiger partial charge in [0.1, 0.15) is 0 Å². The van der Waals surface area contributed by atoms with E-state index in [9.17, 15) is 9.59 Å². The molecule has 0 saturated carbocycles. The first-order valence-electron chi connectivity index (χ1n) is 6.86. The molecule has 0 saturated heterocycles. The van der Waals surface area contributed by atoms with Gasteiger partial charge in [0.2, 0.25) is 5.91 Å². The van der Waals surface area contributed by atoms with E-state index in [1.807, 2.05) is 37.3 Å². The fourth-order valence-electron chi connectivity index (χ4n) is 1.88. The summed E-state index contributed by atoms with van der Waals surface area (Å²) in [7, 11) is 0. The summed E-state index contributed by atoms with van der Waals surface area (Å²) in [4.78, 5) is 23.3. The number of carboxylic acid groups (broad SMARTS) is 1. The van der Waals surface area contributed by atoms with E-state index in [4.69, 9.17) is 5.11 Å². The molecule has 0 bridgehead atoms. The Balaban J connectivity index is 1.96. The second-order valence-corrected chi connectivity index (χ2v) is 6.11. The van der Waals surface area contributed by atoms with Crippen LogP contribution in [0.25, 0.3) is 0 Å². The number of thioether (sulfide) groups is 1. The van der Waals surface area contributed by atoms with E-state index in [0.29, 0.717) is 5.69 Å². The van der Waals surface area contributed by atoms with Crippen LogP contribution < -0.4 is 5.32 Å². The van der Waals surface area contributed by atoms with Crippen LogP contribution in [0.5, 0.6) is 0 Å². The lowest BCUT2D eigenvalue weighted by Crippen LogP contribution is -2.23. The van der Waals surface area contributed by atoms with Crippen LogP contribution >= 0.6 is 11.8 Å². The number of carboxylic acids is 1. The van der Waals surface area contributed by atoms with E-state index in [1.54, 1.807) is 18.2 Å². The minimum absolute atomic E-state index is 0.0936. The zero-order valence-corrected chi connectivity index (χ0v) is 13.0. The standard InChI is InChI=1S/C17H17NO3S/c1-12(22-11-13-7-3-2-4-8-13)16(19)18-15-10-6-5-9-14(15)17(20)21/h2-10,12H,11H2,1H3,(H,18,19)(H,20,21)/t12-/m0/s1. The summed E-state index contributed by atoms with van der Waals surface area (Å²) in [6.07, 6.45) is 0. The van der Waals surface area contributed by atoms with Crippen molar-refractivity contribution in [2.45, 2.75) is 17.9 Å². The van der Waals surface area contributed by atoms with E-state index < -0.39 is 5.97 Å². The fraction of sp³-hybridized carbons (Fsp3) is 0.176. The van der Waals surface area contributed by atoms with Gasteiger partial charge in [0.05, 0.1) is 16.5 Å². The molecule has 0 aliphatic carbocycles. The van der Waals surface area contributed by atoms with Gasteiger partial charge in [-0.15, -0.1) is 11.8 Å². The lowest BCUT2D eigenvalue weighted by Gasteiger charge is -2.13. The first-order valence-corrected chi connectivity index (χ1v) is 7.91. The van der Waals surface area contributed by atoms with Crippen LogP contribution in [0.15, 0.2) is 54.6 Å². The number of rotatable bonds is 6. The maximum Gasteiger partial charge on any atom is 0.337 e. The minimum atomic E-state index is -1.06. The lowest BCUT2D eigenvalue weighted by molar-refractivity contribution is -0.115. The molecule has 0 radical (unpaired) electrons. The quantitative estimate of drug-likeness (QED) is 0.854. The molecule has 4 nitrogen and oxygen atoms in total. The van der Waals surface area contributed by atoms with Gasteiger partial charge in [0.25, 0.3) is 0 Å². The minimum Gasteiger partial charge on any atom is -0.478 e. The predicted octanol–water partition coefficient (Wildman–Crippen LogP) is 3.65. The molecule has 0 heterocycles. The van der Waals surface area contributed by atoms with E-state index in [-0.39, 0.29) is 16.7 Å². The predicted molar refractivity (Wildman–Crippen MR) is 89.2 cm³/mol. The van der Waals surface area contributed by atoms with Gasteiger partial charge in [-0.25, -0.2) is 4.79 Å². The van der Waals surface area contributed by atoms with Crippen LogP contribution in [0.3, 0.4) is 0 Å². The van der Waals surface area contributed by atoms with E-state index in [0.717, 1.165) is 11.3 Å². The summed E-state index contributed by atoms with van der Waals surface area (Å²) in [5.74, 6) is -0.522. The number of hydrogen-bond acceptors (Lipinski definition) is 3. The summed E-state index contributed by atoms with van der Waals surface area (Å²) < 4.78 is 0. The molecule has 2 rings (SSSR count). The maximum absolute atomic E-state index is 12.2. The molecule has 1 atom stereocenters. The lowest BCUT2D eigenvalue weighted by atomic mass is 10.2. The molecule has 2 aromatic carbocycles. The second-order valence-electron chi connectivity index (χ2n) is 4.78. The molecule has 1 amide bonds. The van der Waals surface area contributed by atoms with Crippen LogP contribution in [-0.2, 0) is 10.5 Å². The van der Waals surface area contributed by atoms with Crippen molar-refractivity contribution < 1.29 is 14.7 Å². The highest BCUT2D eigenvalue weighted by atomic mass is 32.2. The zero-order chi connectivity index (χ0) is 15.9. The summed E-state index contributed by atoms with van der Waals surface area (Å²) in [6.45, 7) is 1.81. The second kappa shape index (κ2) is 7.66. The van der Waals surface area contributed by atoms with Crippen molar-refractivity contribution in [3.05, 3.63) is 65.7 Å². The number of nitrogens with one attached hydrogen (secondary N) is 1. The SMILES string of the molecule is C[C@H](SCc1ccccc1)C(=O)Nc1ccccc1C(=O)O.